The van der Waals surface area contributed by atoms with Crippen molar-refractivity contribution in [1.82, 2.24) is 0 Å². The summed E-state index contributed by atoms with van der Waals surface area (Å²) in [6.45, 7) is -0.159. The van der Waals surface area contributed by atoms with Crippen molar-refractivity contribution in [2.24, 2.45) is 0 Å². The molecule has 0 amide bonds. The second-order valence-corrected chi connectivity index (χ2v) is 3.69. The molecule has 2 aromatic rings. The van der Waals surface area contributed by atoms with Crippen molar-refractivity contribution in [3.05, 3.63) is 53.8 Å². The molecule has 0 fully saturated rings. The molecule has 94 valence electrons. The van der Waals surface area contributed by atoms with Gasteiger partial charge < -0.3 is 14.6 Å². The summed E-state index contributed by atoms with van der Waals surface area (Å²) < 4.78 is 23.4. The van der Waals surface area contributed by atoms with E-state index < -0.39 is 0 Å². The maximum absolute atomic E-state index is 12.8. The van der Waals surface area contributed by atoms with Crippen LogP contribution in [0.4, 0.5) is 4.39 Å². The lowest BCUT2D eigenvalue weighted by Gasteiger charge is -2.11. The Morgan fingerprint density at radius 1 is 1.06 bits per heavy atom. The fraction of sp³-hybridized carbons (Fsp3) is 0.143. The molecule has 0 aliphatic heterocycles. The highest BCUT2D eigenvalue weighted by molar-refractivity contribution is 5.42. The highest BCUT2D eigenvalue weighted by atomic mass is 19.1. The van der Waals surface area contributed by atoms with Gasteiger partial charge in [0.05, 0.1) is 13.7 Å². The van der Waals surface area contributed by atoms with Crippen LogP contribution < -0.4 is 9.47 Å². The van der Waals surface area contributed by atoms with Crippen molar-refractivity contribution in [2.45, 2.75) is 6.61 Å². The van der Waals surface area contributed by atoms with Crippen molar-refractivity contribution < 1.29 is 19.0 Å². The van der Waals surface area contributed by atoms with E-state index in [0.717, 1.165) is 0 Å². The van der Waals surface area contributed by atoms with Gasteiger partial charge in [0.25, 0.3) is 0 Å². The molecule has 0 bridgehead atoms. The van der Waals surface area contributed by atoms with Gasteiger partial charge in [-0.3, -0.25) is 0 Å². The third-order valence-corrected chi connectivity index (χ3v) is 2.48. The van der Waals surface area contributed by atoms with E-state index in [4.69, 9.17) is 9.47 Å². The largest absolute Gasteiger partial charge is 0.497 e. The monoisotopic (exact) mass is 248 g/mol. The first-order chi connectivity index (χ1) is 8.72. The van der Waals surface area contributed by atoms with Gasteiger partial charge in [-0.15, -0.1) is 0 Å². The summed E-state index contributed by atoms with van der Waals surface area (Å²) in [6.07, 6.45) is 0. The van der Waals surface area contributed by atoms with Gasteiger partial charge in [0.15, 0.2) is 0 Å². The minimum Gasteiger partial charge on any atom is -0.497 e. The minimum atomic E-state index is -0.320. The summed E-state index contributed by atoms with van der Waals surface area (Å²) in [4.78, 5) is 0. The summed E-state index contributed by atoms with van der Waals surface area (Å²) >= 11 is 0. The van der Waals surface area contributed by atoms with Gasteiger partial charge in [-0.2, -0.15) is 0 Å². The number of benzene rings is 2. The normalized spacial score (nSPS) is 10.2. The summed E-state index contributed by atoms with van der Waals surface area (Å²) in [7, 11) is 1.55. The van der Waals surface area contributed by atoms with Crippen molar-refractivity contribution in [3.63, 3.8) is 0 Å². The molecule has 0 radical (unpaired) electrons. The van der Waals surface area contributed by atoms with Crippen LogP contribution in [0.15, 0.2) is 42.5 Å². The topological polar surface area (TPSA) is 38.7 Å². The zero-order chi connectivity index (χ0) is 13.0. The molecular weight excluding hydrogens is 235 g/mol. The zero-order valence-corrected chi connectivity index (χ0v) is 9.89. The molecule has 0 saturated heterocycles. The van der Waals surface area contributed by atoms with Crippen molar-refractivity contribution in [3.8, 4) is 17.2 Å². The molecule has 18 heavy (non-hydrogen) atoms. The van der Waals surface area contributed by atoms with Crippen LogP contribution in [0.3, 0.4) is 0 Å². The van der Waals surface area contributed by atoms with Gasteiger partial charge in [-0.1, -0.05) is 0 Å². The number of hydrogen-bond acceptors (Lipinski definition) is 3. The van der Waals surface area contributed by atoms with Crippen molar-refractivity contribution in [2.75, 3.05) is 7.11 Å². The highest BCUT2D eigenvalue weighted by Gasteiger charge is 2.06. The van der Waals surface area contributed by atoms with E-state index >= 15 is 0 Å². The average Bonchev–Trinajstić information content (AvgIpc) is 2.41. The molecule has 0 spiro atoms. The van der Waals surface area contributed by atoms with Crippen LogP contribution in [0.25, 0.3) is 0 Å². The Morgan fingerprint density at radius 2 is 1.72 bits per heavy atom. The van der Waals surface area contributed by atoms with E-state index in [9.17, 15) is 9.50 Å². The molecule has 1 N–H and O–H groups in total. The number of halogens is 1. The van der Waals surface area contributed by atoms with Crippen LogP contribution in [0.1, 0.15) is 5.56 Å². The fourth-order valence-corrected chi connectivity index (χ4v) is 1.54. The van der Waals surface area contributed by atoms with E-state index in [0.29, 0.717) is 22.8 Å². The predicted molar refractivity (Wildman–Crippen MR) is 65.4 cm³/mol. The van der Waals surface area contributed by atoms with Crippen molar-refractivity contribution in [1.29, 1.82) is 0 Å². The Morgan fingerprint density at radius 3 is 2.33 bits per heavy atom. The first-order valence-electron chi connectivity index (χ1n) is 5.44. The lowest BCUT2D eigenvalue weighted by Crippen LogP contribution is -1.93. The van der Waals surface area contributed by atoms with Gasteiger partial charge in [0.2, 0.25) is 0 Å². The lowest BCUT2D eigenvalue weighted by molar-refractivity contribution is 0.275. The number of hydrogen-bond donors (Lipinski definition) is 1. The van der Waals surface area contributed by atoms with Crippen LogP contribution in [0, 0.1) is 5.82 Å². The smallest absolute Gasteiger partial charge is 0.133 e. The number of methoxy groups -OCH3 is 1. The number of ether oxygens (including phenoxy) is 2. The van der Waals surface area contributed by atoms with Gasteiger partial charge in [-0.05, 0) is 42.5 Å². The van der Waals surface area contributed by atoms with E-state index in [1.54, 1.807) is 25.3 Å². The minimum absolute atomic E-state index is 0.159. The molecule has 2 aromatic carbocycles. The van der Waals surface area contributed by atoms with Gasteiger partial charge in [0, 0.05) is 5.56 Å². The highest BCUT2D eigenvalue weighted by Crippen LogP contribution is 2.28. The molecule has 4 heteroatoms. The SMILES string of the molecule is COc1ccc(Oc2ccc(F)cc2)c(CO)c1. The second-order valence-electron chi connectivity index (χ2n) is 3.69. The van der Waals surface area contributed by atoms with Crippen LogP contribution >= 0.6 is 0 Å². The van der Waals surface area contributed by atoms with E-state index in [1.165, 1.54) is 24.3 Å². The Hall–Kier alpha value is -2.07. The molecule has 2 rings (SSSR count). The van der Waals surface area contributed by atoms with Crippen molar-refractivity contribution >= 4 is 0 Å². The predicted octanol–water partition coefficient (Wildman–Crippen LogP) is 3.12. The number of aliphatic hydroxyl groups excluding tert-OH is 1. The summed E-state index contributed by atoms with van der Waals surface area (Å²) in [5.74, 6) is 1.35. The molecule has 0 aromatic heterocycles. The lowest BCUT2D eigenvalue weighted by atomic mass is 10.2. The molecule has 0 aliphatic rings. The average molecular weight is 248 g/mol. The molecule has 0 aliphatic carbocycles. The van der Waals surface area contributed by atoms with E-state index in [2.05, 4.69) is 0 Å². The summed E-state index contributed by atoms with van der Waals surface area (Å²) in [5.41, 5.74) is 0.610. The Kier molecular flexibility index (Phi) is 3.79. The Labute approximate surface area is 104 Å². The number of aliphatic hydroxyl groups is 1. The van der Waals surface area contributed by atoms with Gasteiger partial charge in [-0.25, -0.2) is 4.39 Å². The molecule has 0 atom stereocenters. The van der Waals surface area contributed by atoms with E-state index in [1.807, 2.05) is 0 Å². The van der Waals surface area contributed by atoms with Crippen LogP contribution in [-0.2, 0) is 6.61 Å². The standard InChI is InChI=1S/C14H13FO3/c1-17-13-6-7-14(10(8-13)9-16)18-12-4-2-11(15)3-5-12/h2-8,16H,9H2,1H3. The molecule has 0 unspecified atom stereocenters. The Bertz CT molecular complexity index is 523. The summed E-state index contributed by atoms with van der Waals surface area (Å²) in [6, 6.07) is 10.8. The molecule has 0 saturated carbocycles. The third-order valence-electron chi connectivity index (χ3n) is 2.48. The summed E-state index contributed by atoms with van der Waals surface area (Å²) in [5, 5.41) is 9.26. The van der Waals surface area contributed by atoms with Crippen LogP contribution in [0.5, 0.6) is 17.2 Å². The van der Waals surface area contributed by atoms with Crippen LogP contribution in [0.2, 0.25) is 0 Å². The van der Waals surface area contributed by atoms with Crippen LogP contribution in [-0.4, -0.2) is 12.2 Å². The fourth-order valence-electron chi connectivity index (χ4n) is 1.54. The maximum Gasteiger partial charge on any atom is 0.133 e. The number of rotatable bonds is 4. The Balaban J connectivity index is 2.25. The molecular formula is C14H13FO3. The first-order valence-corrected chi connectivity index (χ1v) is 5.44. The first kappa shape index (κ1) is 12.4. The van der Waals surface area contributed by atoms with Gasteiger partial charge >= 0.3 is 0 Å². The maximum atomic E-state index is 12.8. The second kappa shape index (κ2) is 5.51. The zero-order valence-electron chi connectivity index (χ0n) is 9.89. The van der Waals surface area contributed by atoms with Gasteiger partial charge in [0.1, 0.15) is 23.1 Å². The quantitative estimate of drug-likeness (QED) is 0.903. The van der Waals surface area contributed by atoms with E-state index in [-0.39, 0.29) is 12.4 Å². The molecule has 3 nitrogen and oxygen atoms in total. The third kappa shape index (κ3) is 2.78. The molecule has 0 heterocycles.